The summed E-state index contributed by atoms with van der Waals surface area (Å²) in [7, 11) is 1.14. The zero-order valence-corrected chi connectivity index (χ0v) is 10.6. The highest BCUT2D eigenvalue weighted by molar-refractivity contribution is 5.85. The lowest BCUT2D eigenvalue weighted by atomic mass is 10.0. The molecule has 1 atom stereocenters. The number of hydrogen-bond acceptors (Lipinski definition) is 6. The maximum absolute atomic E-state index is 13.3. The highest BCUT2D eigenvalue weighted by atomic mass is 35.5. The van der Waals surface area contributed by atoms with Crippen molar-refractivity contribution in [1.82, 2.24) is 0 Å². The van der Waals surface area contributed by atoms with Crippen LogP contribution in [0.3, 0.4) is 0 Å². The lowest BCUT2D eigenvalue weighted by Crippen LogP contribution is -2.17. The van der Waals surface area contributed by atoms with Crippen LogP contribution in [0.2, 0.25) is 0 Å². The minimum absolute atomic E-state index is 0. The molecule has 0 fully saturated rings. The summed E-state index contributed by atoms with van der Waals surface area (Å²) < 4.78 is 17.6. The third-order valence-electron chi connectivity index (χ3n) is 2.30. The van der Waals surface area contributed by atoms with Gasteiger partial charge in [0.05, 0.1) is 24.5 Å². The molecule has 9 heteroatoms. The number of rotatable bonds is 4. The summed E-state index contributed by atoms with van der Waals surface area (Å²) in [6.07, 6.45) is -0.329. The van der Waals surface area contributed by atoms with Gasteiger partial charge in [0.1, 0.15) is 0 Å². The van der Waals surface area contributed by atoms with E-state index in [2.05, 4.69) is 4.74 Å². The van der Waals surface area contributed by atoms with Crippen molar-refractivity contribution in [3.05, 3.63) is 33.6 Å². The molecule has 0 unspecified atom stereocenters. The molecule has 7 nitrogen and oxygen atoms in total. The van der Waals surface area contributed by atoms with E-state index in [9.17, 15) is 24.4 Å². The molecule has 0 saturated heterocycles. The van der Waals surface area contributed by atoms with Crippen LogP contribution >= 0.6 is 12.4 Å². The Kier molecular flexibility index (Phi) is 6.16. The van der Waals surface area contributed by atoms with Crippen LogP contribution in [0.5, 0.6) is 5.75 Å². The van der Waals surface area contributed by atoms with Gasteiger partial charge in [-0.2, -0.15) is 0 Å². The molecule has 106 valence electrons. The van der Waals surface area contributed by atoms with E-state index in [1.54, 1.807) is 0 Å². The Morgan fingerprint density at radius 1 is 1.63 bits per heavy atom. The van der Waals surface area contributed by atoms with Gasteiger partial charge in [-0.05, 0) is 0 Å². The van der Waals surface area contributed by atoms with Crippen LogP contribution in [0.15, 0.2) is 12.1 Å². The molecule has 1 rings (SSSR count). The molecular formula is C10H12ClFN2O5. The average molecular weight is 295 g/mol. The number of aromatic hydroxyl groups is 1. The van der Waals surface area contributed by atoms with E-state index in [0.29, 0.717) is 6.07 Å². The zero-order valence-electron chi connectivity index (χ0n) is 9.83. The van der Waals surface area contributed by atoms with E-state index >= 15 is 0 Å². The van der Waals surface area contributed by atoms with Gasteiger partial charge in [-0.3, -0.25) is 14.9 Å². The van der Waals surface area contributed by atoms with Crippen molar-refractivity contribution in [2.24, 2.45) is 5.73 Å². The van der Waals surface area contributed by atoms with E-state index in [4.69, 9.17) is 5.73 Å². The number of hydrogen-bond donors (Lipinski definition) is 2. The SMILES string of the molecule is COC(=O)C[C@H](N)c1cc([N+](=O)[O-])cc(F)c1O.Cl. The lowest BCUT2D eigenvalue weighted by molar-refractivity contribution is -0.385. The van der Waals surface area contributed by atoms with Crippen molar-refractivity contribution < 1.29 is 24.0 Å². The number of methoxy groups -OCH3 is 1. The van der Waals surface area contributed by atoms with Gasteiger partial charge in [0.15, 0.2) is 11.6 Å². The van der Waals surface area contributed by atoms with Gasteiger partial charge in [0, 0.05) is 17.7 Å². The van der Waals surface area contributed by atoms with Gasteiger partial charge < -0.3 is 15.6 Å². The molecule has 0 amide bonds. The van der Waals surface area contributed by atoms with Crippen molar-refractivity contribution in [2.45, 2.75) is 12.5 Å². The normalized spacial score (nSPS) is 11.3. The minimum atomic E-state index is -1.17. The summed E-state index contributed by atoms with van der Waals surface area (Å²) in [5, 5.41) is 20.0. The number of phenols is 1. The number of carbonyl (C=O) groups excluding carboxylic acids is 1. The maximum atomic E-state index is 13.3. The Bertz CT molecular complexity index is 497. The van der Waals surface area contributed by atoms with E-state index < -0.39 is 34.2 Å². The van der Waals surface area contributed by atoms with Crippen LogP contribution in [0, 0.1) is 15.9 Å². The van der Waals surface area contributed by atoms with Crippen molar-refractivity contribution in [1.29, 1.82) is 0 Å². The second-order valence-electron chi connectivity index (χ2n) is 3.51. The van der Waals surface area contributed by atoms with Gasteiger partial charge in [-0.25, -0.2) is 4.39 Å². The standard InChI is InChI=1S/C10H11FN2O5.ClH/c1-18-9(14)4-8(12)6-2-5(13(16)17)3-7(11)10(6)15;/h2-3,8,15H,4,12H2,1H3;1H/t8-;/m0./s1. The van der Waals surface area contributed by atoms with Gasteiger partial charge in [-0.15, -0.1) is 12.4 Å². The monoisotopic (exact) mass is 294 g/mol. The Hall–Kier alpha value is -1.93. The van der Waals surface area contributed by atoms with Crippen LogP contribution in [0.4, 0.5) is 10.1 Å². The van der Waals surface area contributed by atoms with Crippen molar-refractivity contribution in [2.75, 3.05) is 7.11 Å². The number of ether oxygens (including phenoxy) is 1. The van der Waals surface area contributed by atoms with E-state index in [0.717, 1.165) is 13.2 Å². The smallest absolute Gasteiger partial charge is 0.307 e. The summed E-state index contributed by atoms with van der Waals surface area (Å²) in [4.78, 5) is 20.7. The van der Waals surface area contributed by atoms with Gasteiger partial charge in [-0.1, -0.05) is 0 Å². The summed E-state index contributed by atoms with van der Waals surface area (Å²) in [6, 6.07) is 0.405. The van der Waals surface area contributed by atoms with Crippen LogP contribution in [-0.2, 0) is 9.53 Å². The molecule has 0 saturated carbocycles. The number of benzene rings is 1. The molecule has 0 bridgehead atoms. The highest BCUT2D eigenvalue weighted by Crippen LogP contribution is 2.31. The number of phenolic OH excluding ortho intramolecular Hbond substituents is 1. The predicted molar refractivity (Wildman–Crippen MR) is 65.5 cm³/mol. The number of esters is 1. The second-order valence-corrected chi connectivity index (χ2v) is 3.51. The predicted octanol–water partition coefficient (Wildman–Crippen LogP) is 1.42. The summed E-state index contributed by atoms with van der Waals surface area (Å²) in [5.41, 5.74) is 4.79. The number of halogens is 2. The molecular weight excluding hydrogens is 283 g/mol. The Morgan fingerprint density at radius 3 is 2.68 bits per heavy atom. The molecule has 0 spiro atoms. The Labute approximate surface area is 113 Å². The highest BCUT2D eigenvalue weighted by Gasteiger charge is 2.22. The molecule has 0 aliphatic carbocycles. The van der Waals surface area contributed by atoms with Gasteiger partial charge in [0.25, 0.3) is 5.69 Å². The molecule has 0 aliphatic heterocycles. The molecule has 0 radical (unpaired) electrons. The third-order valence-corrected chi connectivity index (χ3v) is 2.30. The first kappa shape index (κ1) is 17.1. The first-order chi connectivity index (χ1) is 8.36. The molecule has 0 heterocycles. The summed E-state index contributed by atoms with van der Waals surface area (Å²) >= 11 is 0. The fourth-order valence-electron chi connectivity index (χ4n) is 1.37. The number of nitrogens with zero attached hydrogens (tertiary/aromatic N) is 1. The molecule has 1 aromatic carbocycles. The molecule has 19 heavy (non-hydrogen) atoms. The molecule has 0 aromatic heterocycles. The molecule has 0 aliphatic rings. The van der Waals surface area contributed by atoms with Gasteiger partial charge in [0.2, 0.25) is 0 Å². The quantitative estimate of drug-likeness (QED) is 0.493. The van der Waals surface area contributed by atoms with Crippen LogP contribution in [0.1, 0.15) is 18.0 Å². The first-order valence-corrected chi connectivity index (χ1v) is 4.86. The Balaban J connectivity index is 0.00000324. The van der Waals surface area contributed by atoms with E-state index in [1.165, 1.54) is 0 Å². The fourth-order valence-corrected chi connectivity index (χ4v) is 1.37. The number of nitro groups is 1. The largest absolute Gasteiger partial charge is 0.505 e. The summed E-state index contributed by atoms with van der Waals surface area (Å²) in [6.45, 7) is 0. The Morgan fingerprint density at radius 2 is 2.21 bits per heavy atom. The van der Waals surface area contributed by atoms with Crippen molar-refractivity contribution in [3.8, 4) is 5.75 Å². The average Bonchev–Trinajstić information content (AvgIpc) is 2.31. The molecule has 3 N–H and O–H groups in total. The minimum Gasteiger partial charge on any atom is -0.505 e. The third kappa shape index (κ3) is 4.04. The second kappa shape index (κ2) is 6.86. The number of nitrogens with two attached hydrogens (primary N) is 1. The topological polar surface area (TPSA) is 116 Å². The fraction of sp³-hybridized carbons (Fsp3) is 0.300. The van der Waals surface area contributed by atoms with Gasteiger partial charge >= 0.3 is 5.97 Å². The van der Waals surface area contributed by atoms with Crippen LogP contribution < -0.4 is 5.73 Å². The first-order valence-electron chi connectivity index (χ1n) is 4.86. The van der Waals surface area contributed by atoms with Crippen molar-refractivity contribution in [3.63, 3.8) is 0 Å². The lowest BCUT2D eigenvalue weighted by Gasteiger charge is -2.12. The van der Waals surface area contributed by atoms with E-state index in [-0.39, 0.29) is 24.4 Å². The number of non-ortho nitro benzene ring substituents is 1. The zero-order chi connectivity index (χ0) is 13.9. The van der Waals surface area contributed by atoms with Crippen LogP contribution in [-0.4, -0.2) is 23.1 Å². The summed E-state index contributed by atoms with van der Waals surface area (Å²) in [5.74, 6) is -2.65. The van der Waals surface area contributed by atoms with Crippen molar-refractivity contribution >= 4 is 24.1 Å². The van der Waals surface area contributed by atoms with E-state index in [1.807, 2.05) is 0 Å². The van der Waals surface area contributed by atoms with Crippen LogP contribution in [0.25, 0.3) is 0 Å². The maximum Gasteiger partial charge on any atom is 0.307 e. The molecule has 1 aromatic rings. The number of carbonyl (C=O) groups is 1. The number of nitro benzene ring substituents is 1.